The number of aromatic nitrogens is 5. The predicted molar refractivity (Wildman–Crippen MR) is 150 cm³/mol. The molecule has 5 heterocycles. The molecule has 0 amide bonds. The molecule has 0 spiro atoms. The third-order valence-electron chi connectivity index (χ3n) is 7.78. The van der Waals surface area contributed by atoms with Crippen LogP contribution in [0.2, 0.25) is 5.02 Å². The van der Waals surface area contributed by atoms with Crippen LogP contribution in [0.3, 0.4) is 0 Å². The van der Waals surface area contributed by atoms with Crippen LogP contribution < -0.4 is 15.0 Å². The zero-order valence-corrected chi connectivity index (χ0v) is 22.2. The molecule has 2 aliphatic heterocycles. The SMILES string of the molecule is Cn1nccc1CCOc1nc(N2C[C@H]3CC[C@@H](C2)N3)c2cnc(-c3cccc4cccc(Cl)c34)c(F)c2n1. The molecule has 2 aliphatic rings. The van der Waals surface area contributed by atoms with E-state index >= 15 is 4.39 Å². The number of nitrogens with zero attached hydrogens (tertiary/aromatic N) is 6. The number of benzene rings is 2. The Bertz CT molecular complexity index is 1690. The molecule has 7 rings (SSSR count). The predicted octanol–water partition coefficient (Wildman–Crippen LogP) is 4.93. The van der Waals surface area contributed by atoms with Crippen molar-refractivity contribution in [1.29, 1.82) is 0 Å². The first-order valence-corrected chi connectivity index (χ1v) is 13.6. The van der Waals surface area contributed by atoms with Gasteiger partial charge in [-0.05, 0) is 30.4 Å². The Kier molecular flexibility index (Phi) is 6.05. The number of halogens is 2. The second-order valence-corrected chi connectivity index (χ2v) is 10.7. The Balaban J connectivity index is 1.33. The van der Waals surface area contributed by atoms with E-state index in [1.807, 2.05) is 43.4 Å². The number of ether oxygens (including phenoxy) is 1. The van der Waals surface area contributed by atoms with Gasteiger partial charge < -0.3 is 15.0 Å². The number of nitrogens with one attached hydrogen (secondary N) is 1. The minimum absolute atomic E-state index is 0.151. The van der Waals surface area contributed by atoms with Crippen molar-refractivity contribution in [2.75, 3.05) is 24.6 Å². The first kappa shape index (κ1) is 24.2. The Hall–Kier alpha value is -3.82. The van der Waals surface area contributed by atoms with Gasteiger partial charge in [-0.3, -0.25) is 9.67 Å². The van der Waals surface area contributed by atoms with Crippen molar-refractivity contribution in [3.63, 3.8) is 0 Å². The summed E-state index contributed by atoms with van der Waals surface area (Å²) in [5, 5.41) is 10.6. The molecule has 0 saturated carbocycles. The third kappa shape index (κ3) is 4.35. The number of rotatable bonds is 6. The summed E-state index contributed by atoms with van der Waals surface area (Å²) in [6, 6.07) is 14.2. The number of aryl methyl sites for hydroxylation is 1. The zero-order valence-electron chi connectivity index (χ0n) is 21.4. The molecule has 198 valence electrons. The Morgan fingerprint density at radius 1 is 1.08 bits per heavy atom. The largest absolute Gasteiger partial charge is 0.463 e. The van der Waals surface area contributed by atoms with Crippen LogP contribution in [0, 0.1) is 5.82 Å². The fourth-order valence-corrected chi connectivity index (χ4v) is 6.15. The molecular weight excluding hydrogens is 517 g/mol. The van der Waals surface area contributed by atoms with Crippen molar-refractivity contribution < 1.29 is 9.13 Å². The van der Waals surface area contributed by atoms with Gasteiger partial charge in [0.15, 0.2) is 5.82 Å². The van der Waals surface area contributed by atoms with E-state index < -0.39 is 5.82 Å². The monoisotopic (exact) mass is 543 g/mol. The van der Waals surface area contributed by atoms with Crippen molar-refractivity contribution in [2.45, 2.75) is 31.3 Å². The molecule has 5 aromatic rings. The fourth-order valence-electron chi connectivity index (χ4n) is 5.87. The summed E-state index contributed by atoms with van der Waals surface area (Å²) in [5.74, 6) is 0.140. The summed E-state index contributed by atoms with van der Waals surface area (Å²) >= 11 is 6.56. The van der Waals surface area contributed by atoms with Gasteiger partial charge in [0.25, 0.3) is 0 Å². The highest BCUT2D eigenvalue weighted by Gasteiger charge is 2.34. The Labute approximate surface area is 229 Å². The van der Waals surface area contributed by atoms with Gasteiger partial charge in [0.2, 0.25) is 0 Å². The van der Waals surface area contributed by atoms with Crippen LogP contribution >= 0.6 is 11.6 Å². The van der Waals surface area contributed by atoms with Crippen LogP contribution in [0.4, 0.5) is 10.2 Å². The van der Waals surface area contributed by atoms with Crippen LogP contribution in [-0.4, -0.2) is 56.5 Å². The molecule has 3 aromatic heterocycles. The zero-order chi connectivity index (χ0) is 26.5. The van der Waals surface area contributed by atoms with E-state index in [1.165, 1.54) is 0 Å². The highest BCUT2D eigenvalue weighted by Crippen LogP contribution is 2.38. The highest BCUT2D eigenvalue weighted by molar-refractivity contribution is 6.36. The van der Waals surface area contributed by atoms with E-state index in [2.05, 4.69) is 25.3 Å². The van der Waals surface area contributed by atoms with Crippen molar-refractivity contribution in [3.8, 4) is 17.3 Å². The summed E-state index contributed by atoms with van der Waals surface area (Å²) in [6.07, 6.45) is 6.31. The molecule has 0 radical (unpaired) electrons. The van der Waals surface area contributed by atoms with E-state index in [0.29, 0.717) is 46.9 Å². The molecule has 2 atom stereocenters. The first-order chi connectivity index (χ1) is 19.0. The number of hydrogen-bond acceptors (Lipinski definition) is 7. The van der Waals surface area contributed by atoms with Crippen LogP contribution in [-0.2, 0) is 13.5 Å². The van der Waals surface area contributed by atoms with Crippen molar-refractivity contribution in [3.05, 3.63) is 71.4 Å². The van der Waals surface area contributed by atoms with E-state index in [0.717, 1.165) is 42.4 Å². The average Bonchev–Trinajstić information content (AvgIpc) is 3.51. The molecule has 10 heteroatoms. The lowest BCUT2D eigenvalue weighted by molar-refractivity contribution is 0.294. The fraction of sp³-hybridized carbons (Fsp3) is 0.310. The quantitative estimate of drug-likeness (QED) is 0.325. The van der Waals surface area contributed by atoms with E-state index in [9.17, 15) is 0 Å². The number of anilines is 1. The molecule has 8 nitrogen and oxygen atoms in total. The normalized spacial score (nSPS) is 18.8. The topological polar surface area (TPSA) is 81.0 Å². The Morgan fingerprint density at radius 2 is 1.87 bits per heavy atom. The van der Waals surface area contributed by atoms with Crippen LogP contribution in [0.5, 0.6) is 6.01 Å². The van der Waals surface area contributed by atoms with Gasteiger partial charge in [-0.2, -0.15) is 15.1 Å². The highest BCUT2D eigenvalue weighted by atomic mass is 35.5. The van der Waals surface area contributed by atoms with E-state index in [-0.39, 0.29) is 17.2 Å². The van der Waals surface area contributed by atoms with Crippen molar-refractivity contribution >= 4 is 39.1 Å². The molecule has 0 aliphatic carbocycles. The number of fused-ring (bicyclic) bond motifs is 4. The minimum Gasteiger partial charge on any atom is -0.463 e. The van der Waals surface area contributed by atoms with Gasteiger partial charge in [-0.25, -0.2) is 4.39 Å². The standard InChI is InChI=1S/C29H27ClFN7O/c1-37-20(10-12-33-37)11-13-39-29-35-27-22(28(36-29)38-15-18-8-9-19(16-38)34-18)14-32-26(25(27)31)21-6-2-4-17-5-3-7-23(30)24(17)21/h2-7,10,12,14,18-19,34H,8-9,11,13,15-16H2,1H3/t18-,19+. The second-order valence-electron chi connectivity index (χ2n) is 10.2. The number of piperazine rings is 1. The second kappa shape index (κ2) is 9.73. The molecule has 2 bridgehead atoms. The molecule has 0 unspecified atom stereocenters. The Morgan fingerprint density at radius 3 is 2.64 bits per heavy atom. The van der Waals surface area contributed by atoms with Gasteiger partial charge in [-0.15, -0.1) is 0 Å². The van der Waals surface area contributed by atoms with Crippen LogP contribution in [0.1, 0.15) is 18.5 Å². The summed E-state index contributed by atoms with van der Waals surface area (Å²) in [7, 11) is 1.89. The minimum atomic E-state index is -0.516. The molecule has 2 fully saturated rings. The lowest BCUT2D eigenvalue weighted by atomic mass is 10.0. The van der Waals surface area contributed by atoms with Gasteiger partial charge in [0.1, 0.15) is 17.0 Å². The lowest BCUT2D eigenvalue weighted by Crippen LogP contribution is -2.51. The summed E-state index contributed by atoms with van der Waals surface area (Å²) in [5.41, 5.74) is 2.04. The van der Waals surface area contributed by atoms with Crippen molar-refractivity contribution in [2.24, 2.45) is 7.05 Å². The summed E-state index contributed by atoms with van der Waals surface area (Å²) in [6.45, 7) is 1.93. The molecular formula is C29H27ClFN7O. The van der Waals surface area contributed by atoms with Gasteiger partial charge >= 0.3 is 6.01 Å². The molecule has 1 N–H and O–H groups in total. The number of hydrogen-bond donors (Lipinski definition) is 1. The van der Waals surface area contributed by atoms with E-state index in [1.54, 1.807) is 23.1 Å². The van der Waals surface area contributed by atoms with E-state index in [4.69, 9.17) is 21.3 Å². The van der Waals surface area contributed by atoms with Gasteiger partial charge in [0, 0.05) is 72.7 Å². The molecule has 2 saturated heterocycles. The maximum Gasteiger partial charge on any atom is 0.319 e. The summed E-state index contributed by atoms with van der Waals surface area (Å²) in [4.78, 5) is 16.2. The van der Waals surface area contributed by atoms with Gasteiger partial charge in [0.05, 0.1) is 12.0 Å². The third-order valence-corrected chi connectivity index (χ3v) is 8.10. The average molecular weight is 544 g/mol. The van der Waals surface area contributed by atoms with Crippen LogP contribution in [0.25, 0.3) is 32.9 Å². The van der Waals surface area contributed by atoms with Crippen LogP contribution in [0.15, 0.2) is 54.9 Å². The molecule has 2 aromatic carbocycles. The number of pyridine rings is 1. The van der Waals surface area contributed by atoms with Gasteiger partial charge in [-0.1, -0.05) is 41.9 Å². The lowest BCUT2D eigenvalue weighted by Gasteiger charge is -2.34. The summed E-state index contributed by atoms with van der Waals surface area (Å²) < 4.78 is 24.2. The smallest absolute Gasteiger partial charge is 0.319 e. The first-order valence-electron chi connectivity index (χ1n) is 13.2. The van der Waals surface area contributed by atoms with Crippen molar-refractivity contribution in [1.82, 2.24) is 30.0 Å². The molecule has 39 heavy (non-hydrogen) atoms. The maximum absolute atomic E-state index is 16.4. The maximum atomic E-state index is 16.4.